The first-order valence-corrected chi connectivity index (χ1v) is 12.6. The number of aromatic nitrogens is 1. The quantitative estimate of drug-likeness (QED) is 0.181. The fourth-order valence-electron chi connectivity index (χ4n) is 3.98. The summed E-state index contributed by atoms with van der Waals surface area (Å²) in [5.74, 6) is -0.177. The molecule has 4 heteroatoms. The highest BCUT2D eigenvalue weighted by molar-refractivity contribution is 5.91. The van der Waals surface area contributed by atoms with Gasteiger partial charge in [0.2, 0.25) is 0 Å². The van der Waals surface area contributed by atoms with Gasteiger partial charge in [-0.25, -0.2) is 9.18 Å². The van der Waals surface area contributed by atoms with Crippen molar-refractivity contribution in [1.29, 1.82) is 0 Å². The second-order valence-electron chi connectivity index (χ2n) is 8.92. The largest absolute Gasteiger partial charge is 0.421 e. The third-order valence-electron chi connectivity index (χ3n) is 6.10. The summed E-state index contributed by atoms with van der Waals surface area (Å²) < 4.78 is 18.5. The number of rotatable bonds is 14. The molecule has 3 nitrogen and oxygen atoms in total. The normalized spacial score (nSPS) is 10.9. The molecule has 180 valence electrons. The minimum absolute atomic E-state index is 0.230. The molecule has 0 spiro atoms. The zero-order valence-corrected chi connectivity index (χ0v) is 20.3. The van der Waals surface area contributed by atoms with Gasteiger partial charge in [-0.15, -0.1) is 0 Å². The zero-order valence-electron chi connectivity index (χ0n) is 20.3. The maximum atomic E-state index is 13.0. The number of pyridine rings is 1. The van der Waals surface area contributed by atoms with Crippen LogP contribution in [0.4, 0.5) is 4.39 Å². The maximum Gasteiger partial charge on any atom is 0.343 e. The molecule has 1 aromatic heterocycles. The average Bonchev–Trinajstić information content (AvgIpc) is 2.86. The van der Waals surface area contributed by atoms with E-state index in [1.165, 1.54) is 69.1 Å². The molecular formula is C30H36FNO2. The van der Waals surface area contributed by atoms with Gasteiger partial charge in [0.25, 0.3) is 0 Å². The van der Waals surface area contributed by atoms with Gasteiger partial charge in [-0.1, -0.05) is 76.1 Å². The molecule has 0 bridgehead atoms. The van der Waals surface area contributed by atoms with Crippen LogP contribution >= 0.6 is 0 Å². The molecule has 0 saturated heterocycles. The third kappa shape index (κ3) is 9.09. The Kier molecular flexibility index (Phi) is 10.8. The molecule has 0 saturated carbocycles. The van der Waals surface area contributed by atoms with E-state index in [1.54, 1.807) is 24.4 Å². The molecule has 34 heavy (non-hydrogen) atoms. The predicted molar refractivity (Wildman–Crippen MR) is 136 cm³/mol. The summed E-state index contributed by atoms with van der Waals surface area (Å²) in [7, 11) is 0. The van der Waals surface area contributed by atoms with Crippen LogP contribution in [0.1, 0.15) is 85.5 Å². The van der Waals surface area contributed by atoms with E-state index in [2.05, 4.69) is 11.9 Å². The predicted octanol–water partition coefficient (Wildman–Crippen LogP) is 7.91. The molecule has 0 aliphatic carbocycles. The van der Waals surface area contributed by atoms with Crippen molar-refractivity contribution in [2.75, 3.05) is 0 Å². The second kappa shape index (κ2) is 14.3. The van der Waals surface area contributed by atoms with Gasteiger partial charge in [0.15, 0.2) is 0 Å². The lowest BCUT2D eigenvalue weighted by Crippen LogP contribution is -2.09. The van der Waals surface area contributed by atoms with Crippen molar-refractivity contribution >= 4 is 5.97 Å². The van der Waals surface area contributed by atoms with Crippen LogP contribution in [-0.2, 0) is 19.3 Å². The Bertz CT molecular complexity index is 982. The smallest absolute Gasteiger partial charge is 0.343 e. The van der Waals surface area contributed by atoms with E-state index < -0.39 is 0 Å². The number of carbonyl (C=O) groups excluding carboxylic acids is 1. The highest BCUT2D eigenvalue weighted by Gasteiger charge is 2.09. The Morgan fingerprint density at radius 3 is 2.00 bits per heavy atom. The van der Waals surface area contributed by atoms with E-state index in [0.29, 0.717) is 11.3 Å². The van der Waals surface area contributed by atoms with Crippen molar-refractivity contribution in [2.24, 2.45) is 0 Å². The van der Waals surface area contributed by atoms with Crippen molar-refractivity contribution < 1.29 is 13.9 Å². The number of benzene rings is 2. The van der Waals surface area contributed by atoms with Gasteiger partial charge in [-0.2, -0.15) is 0 Å². The first kappa shape index (κ1) is 25.6. The monoisotopic (exact) mass is 461 g/mol. The van der Waals surface area contributed by atoms with E-state index in [9.17, 15) is 9.18 Å². The van der Waals surface area contributed by atoms with Gasteiger partial charge >= 0.3 is 5.97 Å². The molecule has 0 unspecified atom stereocenters. The summed E-state index contributed by atoms with van der Waals surface area (Å²) in [6.07, 6.45) is 14.6. The third-order valence-corrected chi connectivity index (χ3v) is 6.10. The van der Waals surface area contributed by atoms with Crippen LogP contribution < -0.4 is 4.74 Å². The van der Waals surface area contributed by atoms with Crippen molar-refractivity contribution in [3.05, 3.63) is 95.1 Å². The highest BCUT2D eigenvalue weighted by Crippen LogP contribution is 2.16. The molecule has 3 rings (SSSR count). The van der Waals surface area contributed by atoms with Gasteiger partial charge < -0.3 is 4.74 Å². The average molecular weight is 462 g/mol. The molecule has 3 aromatic rings. The van der Waals surface area contributed by atoms with Crippen LogP contribution in [-0.4, -0.2) is 11.0 Å². The first-order valence-electron chi connectivity index (χ1n) is 12.6. The number of halogens is 1. The van der Waals surface area contributed by atoms with Crippen LogP contribution in [0.2, 0.25) is 0 Å². The molecule has 0 aliphatic heterocycles. The topological polar surface area (TPSA) is 39.2 Å². The first-order chi connectivity index (χ1) is 16.6. The standard InChI is InChI=1S/C30H36FNO2/c1-2-3-4-5-6-7-8-9-10-24-11-16-26(17-12-24)30(33)34-29-22-21-28(32-23-29)20-15-25-13-18-27(31)19-14-25/h11-14,16-19,21-23H,2-10,15,20H2,1H3. The van der Waals surface area contributed by atoms with Crippen LogP contribution in [0.3, 0.4) is 0 Å². The Morgan fingerprint density at radius 1 is 0.735 bits per heavy atom. The minimum atomic E-state index is -0.375. The number of esters is 1. The van der Waals surface area contributed by atoms with Crippen molar-refractivity contribution in [3.63, 3.8) is 0 Å². The molecule has 0 radical (unpaired) electrons. The summed E-state index contributed by atoms with van der Waals surface area (Å²) in [5.41, 5.74) is 3.76. The maximum absolute atomic E-state index is 13.0. The molecule has 0 aliphatic rings. The lowest BCUT2D eigenvalue weighted by atomic mass is 10.0. The summed E-state index contributed by atoms with van der Waals surface area (Å²) >= 11 is 0. The van der Waals surface area contributed by atoms with Crippen LogP contribution in [0, 0.1) is 5.82 Å². The molecular weight excluding hydrogens is 425 g/mol. The number of unbranched alkanes of at least 4 members (excludes halogenated alkanes) is 7. The van der Waals surface area contributed by atoms with E-state index in [0.717, 1.165) is 30.5 Å². The van der Waals surface area contributed by atoms with E-state index in [-0.39, 0.29) is 11.8 Å². The lowest BCUT2D eigenvalue weighted by molar-refractivity contribution is 0.0734. The zero-order chi connectivity index (χ0) is 24.0. The van der Waals surface area contributed by atoms with Crippen LogP contribution in [0.15, 0.2) is 66.9 Å². The van der Waals surface area contributed by atoms with Gasteiger partial charge in [-0.3, -0.25) is 4.98 Å². The van der Waals surface area contributed by atoms with Gasteiger partial charge in [0, 0.05) is 5.69 Å². The molecule has 0 amide bonds. The number of carbonyl (C=O) groups is 1. The lowest BCUT2D eigenvalue weighted by Gasteiger charge is -2.07. The van der Waals surface area contributed by atoms with Crippen molar-refractivity contribution in [2.45, 2.75) is 77.6 Å². The minimum Gasteiger partial charge on any atom is -0.421 e. The van der Waals surface area contributed by atoms with E-state index >= 15 is 0 Å². The summed E-state index contributed by atoms with van der Waals surface area (Å²) in [4.78, 5) is 16.9. The van der Waals surface area contributed by atoms with Crippen molar-refractivity contribution in [1.82, 2.24) is 4.98 Å². The van der Waals surface area contributed by atoms with Gasteiger partial charge in [0.05, 0.1) is 11.8 Å². The van der Waals surface area contributed by atoms with Crippen LogP contribution in [0.25, 0.3) is 0 Å². The molecule has 1 heterocycles. The number of ether oxygens (including phenoxy) is 1. The Labute approximate surface area is 203 Å². The molecule has 0 N–H and O–H groups in total. The fourth-order valence-corrected chi connectivity index (χ4v) is 3.98. The van der Waals surface area contributed by atoms with E-state index in [4.69, 9.17) is 4.74 Å². The summed E-state index contributed by atoms with van der Waals surface area (Å²) in [6.45, 7) is 2.25. The summed E-state index contributed by atoms with van der Waals surface area (Å²) in [5, 5.41) is 0. The van der Waals surface area contributed by atoms with Gasteiger partial charge in [-0.05, 0) is 73.2 Å². The fraction of sp³-hybridized carbons (Fsp3) is 0.400. The second-order valence-corrected chi connectivity index (χ2v) is 8.92. The van der Waals surface area contributed by atoms with Gasteiger partial charge in [0.1, 0.15) is 11.6 Å². The number of aryl methyl sites for hydroxylation is 3. The number of nitrogens with zero attached hydrogens (tertiary/aromatic N) is 1. The summed E-state index contributed by atoms with van der Waals surface area (Å²) in [6, 6.07) is 17.9. The SMILES string of the molecule is CCCCCCCCCCc1ccc(C(=O)Oc2ccc(CCc3ccc(F)cc3)nc2)cc1. The van der Waals surface area contributed by atoms with Crippen molar-refractivity contribution in [3.8, 4) is 5.75 Å². The number of hydrogen-bond acceptors (Lipinski definition) is 3. The highest BCUT2D eigenvalue weighted by atomic mass is 19.1. The van der Waals surface area contributed by atoms with Crippen LogP contribution in [0.5, 0.6) is 5.75 Å². The number of hydrogen-bond donors (Lipinski definition) is 0. The van der Waals surface area contributed by atoms with E-state index in [1.807, 2.05) is 30.3 Å². The molecule has 2 aromatic carbocycles. The molecule has 0 fully saturated rings. The Balaban J connectivity index is 1.38. The Morgan fingerprint density at radius 2 is 1.35 bits per heavy atom. The molecule has 0 atom stereocenters. The Hall–Kier alpha value is -3.01.